The smallest absolute Gasteiger partial charge is 0.338 e. The van der Waals surface area contributed by atoms with E-state index in [9.17, 15) is 9.59 Å². The van der Waals surface area contributed by atoms with Crippen LogP contribution in [0.25, 0.3) is 11.0 Å². The molecule has 4 rings (SSSR count). The largest absolute Gasteiger partial charge is 0.478 e. The van der Waals surface area contributed by atoms with E-state index >= 15 is 0 Å². The van der Waals surface area contributed by atoms with Gasteiger partial charge in [-0.05, 0) is 39.7 Å². The maximum absolute atomic E-state index is 13.1. The van der Waals surface area contributed by atoms with Crippen LogP contribution in [0.1, 0.15) is 65.2 Å². The zero-order valence-electron chi connectivity index (χ0n) is 16.7. The van der Waals surface area contributed by atoms with Gasteiger partial charge < -0.3 is 10.0 Å². The summed E-state index contributed by atoms with van der Waals surface area (Å²) >= 11 is 0. The second-order valence-electron chi connectivity index (χ2n) is 7.75. The lowest BCUT2D eigenvalue weighted by atomic mass is 10.0. The molecule has 1 aliphatic rings. The predicted molar refractivity (Wildman–Crippen MR) is 106 cm³/mol. The molecule has 0 spiro atoms. The summed E-state index contributed by atoms with van der Waals surface area (Å²) in [5, 5.41) is 18.5. The van der Waals surface area contributed by atoms with E-state index < -0.39 is 5.97 Å². The average Bonchev–Trinajstić information content (AvgIpc) is 3.34. The number of rotatable bonds is 4. The Kier molecular flexibility index (Phi) is 4.81. The molecule has 9 heteroatoms. The van der Waals surface area contributed by atoms with Crippen LogP contribution in [0.3, 0.4) is 0 Å². The van der Waals surface area contributed by atoms with Crippen LogP contribution in [-0.4, -0.2) is 59.5 Å². The van der Waals surface area contributed by atoms with Crippen LogP contribution in [0, 0.1) is 6.92 Å². The van der Waals surface area contributed by atoms with E-state index in [2.05, 4.69) is 15.2 Å². The first-order valence-electron chi connectivity index (χ1n) is 9.76. The lowest BCUT2D eigenvalue weighted by Gasteiger charge is -2.32. The van der Waals surface area contributed by atoms with E-state index in [-0.39, 0.29) is 23.6 Å². The molecule has 29 heavy (non-hydrogen) atoms. The van der Waals surface area contributed by atoms with Crippen molar-refractivity contribution < 1.29 is 14.7 Å². The molecule has 1 N–H and O–H groups in total. The highest BCUT2D eigenvalue weighted by molar-refractivity contribution is 5.98. The number of hydrogen-bond donors (Lipinski definition) is 1. The maximum Gasteiger partial charge on any atom is 0.338 e. The van der Waals surface area contributed by atoms with Gasteiger partial charge in [-0.3, -0.25) is 9.48 Å². The Morgan fingerprint density at radius 1 is 1.17 bits per heavy atom. The Morgan fingerprint density at radius 2 is 1.90 bits per heavy atom. The molecular weight excluding hydrogens is 372 g/mol. The van der Waals surface area contributed by atoms with Crippen molar-refractivity contribution in [1.82, 2.24) is 29.4 Å². The highest BCUT2D eigenvalue weighted by Crippen LogP contribution is 2.25. The fourth-order valence-corrected chi connectivity index (χ4v) is 3.81. The summed E-state index contributed by atoms with van der Waals surface area (Å²) in [6.45, 7) is 7.13. The van der Waals surface area contributed by atoms with Crippen molar-refractivity contribution in [2.45, 2.75) is 45.7 Å². The molecule has 3 aromatic heterocycles. The van der Waals surface area contributed by atoms with E-state index in [4.69, 9.17) is 5.11 Å². The Bertz CT molecular complexity index is 1080. The quantitative estimate of drug-likeness (QED) is 0.727. The van der Waals surface area contributed by atoms with Crippen molar-refractivity contribution in [2.75, 3.05) is 13.1 Å². The third-order valence-corrected chi connectivity index (χ3v) is 5.45. The van der Waals surface area contributed by atoms with E-state index in [1.54, 1.807) is 17.1 Å². The van der Waals surface area contributed by atoms with Gasteiger partial charge in [-0.1, -0.05) is 0 Å². The monoisotopic (exact) mass is 396 g/mol. The minimum Gasteiger partial charge on any atom is -0.478 e. The lowest BCUT2D eigenvalue weighted by Crippen LogP contribution is -2.39. The molecule has 3 aromatic rings. The summed E-state index contributed by atoms with van der Waals surface area (Å²) < 4.78 is 3.56. The van der Waals surface area contributed by atoms with E-state index in [1.807, 2.05) is 36.4 Å². The van der Waals surface area contributed by atoms with Crippen LogP contribution in [0.2, 0.25) is 0 Å². The van der Waals surface area contributed by atoms with Crippen molar-refractivity contribution in [3.05, 3.63) is 41.5 Å². The van der Waals surface area contributed by atoms with Crippen LogP contribution < -0.4 is 0 Å². The van der Waals surface area contributed by atoms with Gasteiger partial charge in [0.1, 0.15) is 0 Å². The van der Waals surface area contributed by atoms with Crippen LogP contribution in [0.5, 0.6) is 0 Å². The topological polar surface area (TPSA) is 106 Å². The van der Waals surface area contributed by atoms with E-state index in [0.29, 0.717) is 24.3 Å². The number of hydrogen-bond acceptors (Lipinski definition) is 5. The number of carbonyl (C=O) groups excluding carboxylic acids is 1. The van der Waals surface area contributed by atoms with E-state index in [1.165, 1.54) is 6.20 Å². The molecule has 0 unspecified atom stereocenters. The zero-order chi connectivity index (χ0) is 20.7. The molecule has 1 fully saturated rings. The predicted octanol–water partition coefficient (Wildman–Crippen LogP) is 2.69. The van der Waals surface area contributed by atoms with Crippen molar-refractivity contribution in [3.8, 4) is 0 Å². The third kappa shape index (κ3) is 3.48. The van der Waals surface area contributed by atoms with Crippen LogP contribution in [0.4, 0.5) is 0 Å². The number of aromatic carboxylic acids is 1. The van der Waals surface area contributed by atoms with Gasteiger partial charge in [0.2, 0.25) is 0 Å². The van der Waals surface area contributed by atoms with Crippen LogP contribution in [-0.2, 0) is 0 Å². The Balaban J connectivity index is 1.49. The van der Waals surface area contributed by atoms with Gasteiger partial charge in [0.05, 0.1) is 35.3 Å². The van der Waals surface area contributed by atoms with Crippen molar-refractivity contribution in [3.63, 3.8) is 0 Å². The molecule has 4 heterocycles. The van der Waals surface area contributed by atoms with E-state index in [0.717, 1.165) is 23.9 Å². The highest BCUT2D eigenvalue weighted by atomic mass is 16.4. The Labute approximate surface area is 167 Å². The van der Waals surface area contributed by atoms with Crippen LogP contribution >= 0.6 is 0 Å². The Morgan fingerprint density at radius 3 is 2.52 bits per heavy atom. The van der Waals surface area contributed by atoms with Gasteiger partial charge in [0, 0.05) is 30.7 Å². The summed E-state index contributed by atoms with van der Waals surface area (Å²) in [6, 6.07) is 2.17. The van der Waals surface area contributed by atoms with Gasteiger partial charge in [0.15, 0.2) is 5.65 Å². The summed E-state index contributed by atoms with van der Waals surface area (Å²) in [6.07, 6.45) is 6.13. The maximum atomic E-state index is 13.1. The number of carboxylic acid groups (broad SMARTS) is 1. The normalized spacial score (nSPS) is 15.4. The molecule has 0 atom stereocenters. The van der Waals surface area contributed by atoms with Gasteiger partial charge >= 0.3 is 5.97 Å². The lowest BCUT2D eigenvalue weighted by molar-refractivity contribution is 0.0687. The number of piperidine rings is 1. The summed E-state index contributed by atoms with van der Waals surface area (Å²) in [5.41, 5.74) is 2.28. The second kappa shape index (κ2) is 7.31. The SMILES string of the molecule is Cc1nc2c(cnn2C(C)C)cc1C(=O)N1CCC(n2cc(C(=O)O)cn2)CC1. The van der Waals surface area contributed by atoms with Gasteiger partial charge in [-0.15, -0.1) is 0 Å². The van der Waals surface area contributed by atoms with Crippen molar-refractivity contribution in [1.29, 1.82) is 0 Å². The molecule has 9 nitrogen and oxygen atoms in total. The minimum atomic E-state index is -0.983. The first kappa shape index (κ1) is 19.1. The average molecular weight is 396 g/mol. The van der Waals surface area contributed by atoms with Crippen molar-refractivity contribution in [2.24, 2.45) is 0 Å². The molecule has 0 bridgehead atoms. The molecule has 1 amide bonds. The minimum absolute atomic E-state index is 0.0284. The molecule has 1 aliphatic heterocycles. The van der Waals surface area contributed by atoms with Gasteiger partial charge in [-0.25, -0.2) is 14.5 Å². The first-order valence-corrected chi connectivity index (χ1v) is 9.76. The van der Waals surface area contributed by atoms with Gasteiger partial charge in [0.25, 0.3) is 5.91 Å². The fraction of sp³-hybridized carbons (Fsp3) is 0.450. The number of carbonyl (C=O) groups is 2. The number of pyridine rings is 1. The number of carboxylic acids is 1. The molecular formula is C20H24N6O3. The molecule has 0 aromatic carbocycles. The molecule has 0 radical (unpaired) electrons. The summed E-state index contributed by atoms with van der Waals surface area (Å²) in [7, 11) is 0. The standard InChI is InChI=1S/C20H24N6O3/c1-12(2)26-18-14(9-22-26)8-17(13(3)23-18)19(27)24-6-4-16(5-7-24)25-11-15(10-21-25)20(28)29/h8-12,16H,4-7H2,1-3H3,(H,28,29). The molecule has 152 valence electrons. The van der Waals surface area contributed by atoms with Crippen LogP contribution in [0.15, 0.2) is 24.7 Å². The number of amides is 1. The number of likely N-dealkylation sites (tertiary alicyclic amines) is 1. The third-order valence-electron chi connectivity index (χ3n) is 5.45. The zero-order valence-corrected chi connectivity index (χ0v) is 16.7. The van der Waals surface area contributed by atoms with Gasteiger partial charge in [-0.2, -0.15) is 10.2 Å². The fourth-order valence-electron chi connectivity index (χ4n) is 3.81. The number of fused-ring (bicyclic) bond motifs is 1. The summed E-state index contributed by atoms with van der Waals surface area (Å²) in [4.78, 5) is 30.6. The molecule has 0 aliphatic carbocycles. The van der Waals surface area contributed by atoms with Crippen molar-refractivity contribution >= 4 is 22.9 Å². The number of aryl methyl sites for hydroxylation is 1. The molecule has 1 saturated heterocycles. The molecule has 0 saturated carbocycles. The Hall–Kier alpha value is -3.23. The number of aromatic nitrogens is 5. The summed E-state index contributed by atoms with van der Waals surface area (Å²) in [5.74, 6) is -1.01. The number of nitrogens with zero attached hydrogens (tertiary/aromatic N) is 6. The second-order valence-corrected chi connectivity index (χ2v) is 7.75. The first-order chi connectivity index (χ1) is 13.8. The highest BCUT2D eigenvalue weighted by Gasteiger charge is 2.27.